The molecule has 1 atom stereocenters. The van der Waals surface area contributed by atoms with E-state index < -0.39 is 0 Å². The molecule has 0 fully saturated rings. The lowest BCUT2D eigenvalue weighted by atomic mass is 10.1. The topological polar surface area (TPSA) is 60.6 Å². The van der Waals surface area contributed by atoms with E-state index in [2.05, 4.69) is 15.0 Å². The molecule has 0 aliphatic heterocycles. The lowest BCUT2D eigenvalue weighted by molar-refractivity contribution is 0.200. The summed E-state index contributed by atoms with van der Waals surface area (Å²) in [5, 5.41) is 4.05. The highest BCUT2D eigenvalue weighted by atomic mass is 19.1. The number of halogens is 1. The summed E-state index contributed by atoms with van der Waals surface area (Å²) in [7, 11) is 5.23. The van der Waals surface area contributed by atoms with Crippen LogP contribution in [0.25, 0.3) is 11.4 Å². The van der Waals surface area contributed by atoms with Gasteiger partial charge in [0, 0.05) is 23.7 Å². The minimum absolute atomic E-state index is 0.116. The van der Waals surface area contributed by atoms with Gasteiger partial charge in [-0.2, -0.15) is 4.98 Å². The SMILES string of the molecule is COc1ccc(CN(C)C(C)c2nc(-c3ccc(F)c(C)c3)no2)c(OC)c1. The molecule has 3 rings (SSSR count). The quantitative estimate of drug-likeness (QED) is 0.601. The molecule has 148 valence electrons. The van der Waals surface area contributed by atoms with Gasteiger partial charge in [0.15, 0.2) is 0 Å². The van der Waals surface area contributed by atoms with Crippen molar-refractivity contribution in [1.82, 2.24) is 15.0 Å². The third-order valence-corrected chi connectivity index (χ3v) is 4.79. The first kappa shape index (κ1) is 19.8. The summed E-state index contributed by atoms with van der Waals surface area (Å²) in [6.07, 6.45) is 0. The number of nitrogens with zero attached hydrogens (tertiary/aromatic N) is 3. The summed E-state index contributed by atoms with van der Waals surface area (Å²) < 4.78 is 29.6. The molecular weight excluding hydrogens is 361 g/mol. The average Bonchev–Trinajstić information content (AvgIpc) is 3.19. The highest BCUT2D eigenvalue weighted by molar-refractivity contribution is 5.55. The number of hydrogen-bond donors (Lipinski definition) is 0. The van der Waals surface area contributed by atoms with Gasteiger partial charge in [-0.3, -0.25) is 4.90 Å². The van der Waals surface area contributed by atoms with Gasteiger partial charge in [-0.25, -0.2) is 4.39 Å². The van der Waals surface area contributed by atoms with Crippen molar-refractivity contribution in [3.8, 4) is 22.9 Å². The van der Waals surface area contributed by atoms with Crippen molar-refractivity contribution in [2.24, 2.45) is 0 Å². The monoisotopic (exact) mass is 385 g/mol. The molecule has 0 radical (unpaired) electrons. The van der Waals surface area contributed by atoms with Crippen LogP contribution in [0.2, 0.25) is 0 Å². The summed E-state index contributed by atoms with van der Waals surface area (Å²) in [5.41, 5.74) is 2.28. The van der Waals surface area contributed by atoms with E-state index in [0.717, 1.165) is 22.6 Å². The Kier molecular flexibility index (Phi) is 5.94. The average molecular weight is 385 g/mol. The first-order valence-corrected chi connectivity index (χ1v) is 8.94. The van der Waals surface area contributed by atoms with Gasteiger partial charge in [0.2, 0.25) is 11.7 Å². The Morgan fingerprint density at radius 3 is 2.61 bits per heavy atom. The first-order chi connectivity index (χ1) is 13.4. The Bertz CT molecular complexity index is 958. The lowest BCUT2D eigenvalue weighted by Crippen LogP contribution is -2.22. The number of aromatic nitrogens is 2. The van der Waals surface area contributed by atoms with E-state index in [4.69, 9.17) is 14.0 Å². The zero-order valence-electron chi connectivity index (χ0n) is 16.7. The Labute approximate surface area is 163 Å². The van der Waals surface area contributed by atoms with Crippen molar-refractivity contribution in [3.05, 3.63) is 59.2 Å². The van der Waals surface area contributed by atoms with Gasteiger partial charge >= 0.3 is 0 Å². The highest BCUT2D eigenvalue weighted by Crippen LogP contribution is 2.28. The molecule has 0 aliphatic carbocycles. The minimum atomic E-state index is -0.256. The van der Waals surface area contributed by atoms with Crippen molar-refractivity contribution in [3.63, 3.8) is 0 Å². The molecule has 0 spiro atoms. The van der Waals surface area contributed by atoms with Gasteiger partial charge in [0.05, 0.1) is 20.3 Å². The van der Waals surface area contributed by atoms with Crippen molar-refractivity contribution < 1.29 is 18.4 Å². The van der Waals surface area contributed by atoms with E-state index in [-0.39, 0.29) is 11.9 Å². The van der Waals surface area contributed by atoms with Crippen LogP contribution in [0.1, 0.15) is 30.0 Å². The largest absolute Gasteiger partial charge is 0.497 e. The van der Waals surface area contributed by atoms with Gasteiger partial charge in [0.1, 0.15) is 17.3 Å². The Morgan fingerprint density at radius 2 is 1.93 bits per heavy atom. The summed E-state index contributed by atoms with van der Waals surface area (Å²) in [6.45, 7) is 4.32. The molecule has 1 heterocycles. The second-order valence-corrected chi connectivity index (χ2v) is 6.69. The molecule has 28 heavy (non-hydrogen) atoms. The van der Waals surface area contributed by atoms with Crippen LogP contribution in [-0.4, -0.2) is 36.3 Å². The van der Waals surface area contributed by atoms with Crippen molar-refractivity contribution in [1.29, 1.82) is 0 Å². The second kappa shape index (κ2) is 8.39. The third kappa shape index (κ3) is 4.14. The van der Waals surface area contributed by atoms with Crippen LogP contribution in [0.15, 0.2) is 40.9 Å². The van der Waals surface area contributed by atoms with E-state index in [1.54, 1.807) is 33.3 Å². The summed E-state index contributed by atoms with van der Waals surface area (Å²) in [4.78, 5) is 6.57. The first-order valence-electron chi connectivity index (χ1n) is 8.94. The van der Waals surface area contributed by atoms with E-state index in [9.17, 15) is 4.39 Å². The fourth-order valence-corrected chi connectivity index (χ4v) is 2.88. The predicted octanol–water partition coefficient (Wildman–Crippen LogP) is 4.39. The van der Waals surface area contributed by atoms with Crippen molar-refractivity contribution >= 4 is 0 Å². The fourth-order valence-electron chi connectivity index (χ4n) is 2.88. The smallest absolute Gasteiger partial charge is 0.244 e. The molecule has 1 aromatic heterocycles. The summed E-state index contributed by atoms with van der Waals surface area (Å²) in [6, 6.07) is 10.4. The molecule has 0 saturated heterocycles. The molecule has 2 aromatic carbocycles. The number of hydrogen-bond acceptors (Lipinski definition) is 6. The second-order valence-electron chi connectivity index (χ2n) is 6.69. The van der Waals surface area contributed by atoms with Crippen molar-refractivity contribution in [2.75, 3.05) is 21.3 Å². The van der Waals surface area contributed by atoms with Gasteiger partial charge in [-0.1, -0.05) is 11.2 Å². The number of benzene rings is 2. The molecule has 0 aliphatic rings. The highest BCUT2D eigenvalue weighted by Gasteiger charge is 2.21. The Morgan fingerprint density at radius 1 is 1.14 bits per heavy atom. The molecule has 0 amide bonds. The maximum Gasteiger partial charge on any atom is 0.244 e. The molecule has 7 heteroatoms. The van der Waals surface area contributed by atoms with Crippen LogP contribution in [0.5, 0.6) is 11.5 Å². The van der Waals surface area contributed by atoms with Crippen LogP contribution in [0.4, 0.5) is 4.39 Å². The van der Waals surface area contributed by atoms with Crippen LogP contribution in [-0.2, 0) is 6.54 Å². The van der Waals surface area contributed by atoms with E-state index in [1.807, 2.05) is 32.2 Å². The number of methoxy groups -OCH3 is 2. The maximum atomic E-state index is 13.5. The van der Waals surface area contributed by atoms with Gasteiger partial charge in [-0.15, -0.1) is 0 Å². The predicted molar refractivity (Wildman–Crippen MR) is 104 cm³/mol. The van der Waals surface area contributed by atoms with Crippen LogP contribution in [0.3, 0.4) is 0 Å². The third-order valence-electron chi connectivity index (χ3n) is 4.79. The lowest BCUT2D eigenvalue weighted by Gasteiger charge is -2.22. The number of ether oxygens (including phenoxy) is 2. The molecular formula is C21H24FN3O3. The minimum Gasteiger partial charge on any atom is -0.497 e. The van der Waals surface area contributed by atoms with Gasteiger partial charge in [-0.05, 0) is 50.7 Å². The van der Waals surface area contributed by atoms with Gasteiger partial charge in [0.25, 0.3) is 0 Å². The Balaban J connectivity index is 1.76. The van der Waals surface area contributed by atoms with Gasteiger partial charge < -0.3 is 14.0 Å². The zero-order chi connectivity index (χ0) is 20.3. The summed E-state index contributed by atoms with van der Waals surface area (Å²) in [5.74, 6) is 2.18. The maximum absolute atomic E-state index is 13.5. The fraction of sp³-hybridized carbons (Fsp3) is 0.333. The molecule has 1 unspecified atom stereocenters. The number of aryl methyl sites for hydroxylation is 1. The molecule has 6 nitrogen and oxygen atoms in total. The van der Waals surface area contributed by atoms with Crippen LogP contribution >= 0.6 is 0 Å². The number of rotatable bonds is 7. The van der Waals surface area contributed by atoms with E-state index in [1.165, 1.54) is 6.07 Å². The van der Waals surface area contributed by atoms with Crippen LogP contribution < -0.4 is 9.47 Å². The van der Waals surface area contributed by atoms with Crippen LogP contribution in [0, 0.1) is 12.7 Å². The Hall–Kier alpha value is -2.93. The summed E-state index contributed by atoms with van der Waals surface area (Å²) >= 11 is 0. The standard InChI is InChI=1S/C21H24FN3O3/c1-13-10-15(7-9-18(13)22)20-23-21(28-24-20)14(2)25(3)12-16-6-8-17(26-4)11-19(16)27-5/h6-11,14H,12H2,1-5H3. The normalized spacial score (nSPS) is 12.2. The molecule has 0 bridgehead atoms. The van der Waals surface area contributed by atoms with Crippen molar-refractivity contribution in [2.45, 2.75) is 26.4 Å². The van der Waals surface area contributed by atoms with E-state index in [0.29, 0.717) is 23.8 Å². The molecule has 0 saturated carbocycles. The molecule has 0 N–H and O–H groups in total. The molecule has 3 aromatic rings. The van der Waals surface area contributed by atoms with E-state index >= 15 is 0 Å². The zero-order valence-corrected chi connectivity index (χ0v) is 16.7.